The molecule has 0 saturated heterocycles. The van der Waals surface area contributed by atoms with Gasteiger partial charge in [-0.15, -0.1) is 11.3 Å². The average Bonchev–Trinajstić information content (AvgIpc) is 2.75. The summed E-state index contributed by atoms with van der Waals surface area (Å²) >= 11 is 1.44. The largest absolute Gasteiger partial charge is 0.472 e. The minimum atomic E-state index is -0.00834. The second-order valence-electron chi connectivity index (χ2n) is 2.61. The van der Waals surface area contributed by atoms with E-state index in [1.807, 2.05) is 6.07 Å². The van der Waals surface area contributed by atoms with Crippen molar-refractivity contribution in [3.05, 3.63) is 29.7 Å². The quantitative estimate of drug-likeness (QED) is 0.688. The highest BCUT2D eigenvalue weighted by atomic mass is 32.1. The van der Waals surface area contributed by atoms with Crippen molar-refractivity contribution in [3.8, 4) is 10.6 Å². The van der Waals surface area contributed by atoms with Gasteiger partial charge in [0, 0.05) is 17.9 Å². The predicted octanol–water partition coefficient (Wildman–Crippen LogP) is 2.61. The molecule has 2 rings (SSSR count). The second kappa shape index (κ2) is 3.14. The summed E-state index contributed by atoms with van der Waals surface area (Å²) in [5, 5.41) is 2.57. The van der Waals surface area contributed by atoms with E-state index in [0.717, 1.165) is 10.6 Å². The molecule has 0 fully saturated rings. The highest BCUT2D eigenvalue weighted by molar-refractivity contribution is 7.13. The van der Waals surface area contributed by atoms with Gasteiger partial charge >= 0.3 is 0 Å². The van der Waals surface area contributed by atoms with Gasteiger partial charge in [-0.05, 0) is 6.07 Å². The number of hydrogen-bond donors (Lipinski definition) is 0. The molecule has 2 aromatic rings. The number of rotatable bonds is 2. The van der Waals surface area contributed by atoms with Crippen LogP contribution in [0.1, 0.15) is 17.4 Å². The lowest BCUT2D eigenvalue weighted by molar-refractivity contribution is 0.101. The zero-order valence-electron chi connectivity index (χ0n) is 6.98. The van der Waals surface area contributed by atoms with Crippen molar-refractivity contribution in [3.63, 3.8) is 0 Å². The van der Waals surface area contributed by atoms with Gasteiger partial charge in [-0.2, -0.15) is 0 Å². The lowest BCUT2D eigenvalue weighted by Gasteiger charge is -1.85. The standard InChI is InChI=1S/C9H7NO2S/c1-6(11)8-5-13-9(10-8)7-2-3-12-4-7/h2-5H,1H3. The molecular formula is C9H7NO2S. The molecule has 0 saturated carbocycles. The summed E-state index contributed by atoms with van der Waals surface area (Å²) in [4.78, 5) is 15.1. The number of aromatic nitrogens is 1. The van der Waals surface area contributed by atoms with Crippen LogP contribution in [0.5, 0.6) is 0 Å². The van der Waals surface area contributed by atoms with Crippen LogP contribution in [-0.4, -0.2) is 10.8 Å². The molecule has 0 aliphatic carbocycles. The molecular weight excluding hydrogens is 186 g/mol. The van der Waals surface area contributed by atoms with Crippen molar-refractivity contribution in [2.75, 3.05) is 0 Å². The summed E-state index contributed by atoms with van der Waals surface area (Å²) in [5.41, 5.74) is 1.43. The molecule has 0 atom stereocenters. The minimum Gasteiger partial charge on any atom is -0.472 e. The lowest BCUT2D eigenvalue weighted by atomic mass is 10.3. The molecule has 0 radical (unpaired) electrons. The molecule has 0 aliphatic heterocycles. The number of nitrogens with zero attached hydrogens (tertiary/aromatic N) is 1. The van der Waals surface area contributed by atoms with Gasteiger partial charge in [-0.3, -0.25) is 4.79 Å². The SMILES string of the molecule is CC(=O)c1csc(-c2ccoc2)n1. The molecule has 4 heteroatoms. The molecule has 2 aromatic heterocycles. The second-order valence-corrected chi connectivity index (χ2v) is 3.46. The van der Waals surface area contributed by atoms with Crippen LogP contribution in [-0.2, 0) is 0 Å². The first-order valence-corrected chi connectivity index (χ1v) is 4.64. The molecule has 66 valence electrons. The number of ketones is 1. The van der Waals surface area contributed by atoms with Crippen LogP contribution >= 0.6 is 11.3 Å². The van der Waals surface area contributed by atoms with E-state index in [4.69, 9.17) is 4.42 Å². The molecule has 0 amide bonds. The van der Waals surface area contributed by atoms with E-state index in [0.29, 0.717) is 5.69 Å². The fraction of sp³-hybridized carbons (Fsp3) is 0.111. The third-order valence-electron chi connectivity index (χ3n) is 1.63. The van der Waals surface area contributed by atoms with E-state index in [9.17, 15) is 4.79 Å². The first-order chi connectivity index (χ1) is 6.27. The lowest BCUT2D eigenvalue weighted by Crippen LogP contribution is -1.90. The van der Waals surface area contributed by atoms with Gasteiger partial charge in [0.05, 0.1) is 6.26 Å². The maximum absolute atomic E-state index is 10.9. The van der Waals surface area contributed by atoms with Crippen LogP contribution in [0.15, 0.2) is 28.4 Å². The Bertz CT molecular complexity index is 417. The normalized spacial score (nSPS) is 10.2. The van der Waals surface area contributed by atoms with Crippen molar-refractivity contribution in [2.45, 2.75) is 6.92 Å². The summed E-state index contributed by atoms with van der Waals surface area (Å²) in [6, 6.07) is 1.82. The Balaban J connectivity index is 2.39. The maximum Gasteiger partial charge on any atom is 0.178 e. The van der Waals surface area contributed by atoms with Gasteiger partial charge in [0.2, 0.25) is 0 Å². The third kappa shape index (κ3) is 1.53. The summed E-state index contributed by atoms with van der Waals surface area (Å²) in [6.45, 7) is 1.51. The van der Waals surface area contributed by atoms with Gasteiger partial charge < -0.3 is 4.42 Å². The predicted molar refractivity (Wildman–Crippen MR) is 49.8 cm³/mol. The Labute approximate surface area is 79.0 Å². The number of thiazole rings is 1. The fourth-order valence-corrected chi connectivity index (χ4v) is 1.80. The summed E-state index contributed by atoms with van der Waals surface area (Å²) in [5.74, 6) is -0.00834. The molecule has 0 N–H and O–H groups in total. The van der Waals surface area contributed by atoms with Gasteiger partial charge in [-0.1, -0.05) is 0 Å². The maximum atomic E-state index is 10.9. The van der Waals surface area contributed by atoms with E-state index in [-0.39, 0.29) is 5.78 Å². The van der Waals surface area contributed by atoms with Crippen molar-refractivity contribution in [1.29, 1.82) is 0 Å². The fourth-order valence-electron chi connectivity index (χ4n) is 0.954. The zero-order chi connectivity index (χ0) is 9.26. The Kier molecular flexibility index (Phi) is 1.98. The number of carbonyl (C=O) groups excluding carboxylic acids is 1. The van der Waals surface area contributed by atoms with E-state index in [2.05, 4.69) is 4.98 Å². The number of carbonyl (C=O) groups is 1. The van der Waals surface area contributed by atoms with Gasteiger partial charge in [0.25, 0.3) is 0 Å². The van der Waals surface area contributed by atoms with Crippen LogP contribution in [0.3, 0.4) is 0 Å². The van der Waals surface area contributed by atoms with Crippen LogP contribution in [0.25, 0.3) is 10.6 Å². The Morgan fingerprint density at radius 2 is 2.46 bits per heavy atom. The average molecular weight is 193 g/mol. The number of Topliss-reactive ketones (excluding diaryl/α,β-unsaturated/α-hetero) is 1. The number of hydrogen-bond acceptors (Lipinski definition) is 4. The number of furan rings is 1. The van der Waals surface area contributed by atoms with Gasteiger partial charge in [0.15, 0.2) is 5.78 Å². The molecule has 0 bridgehead atoms. The highest BCUT2D eigenvalue weighted by Crippen LogP contribution is 2.23. The Morgan fingerprint density at radius 1 is 1.62 bits per heavy atom. The Hall–Kier alpha value is -1.42. The molecule has 0 aliphatic rings. The van der Waals surface area contributed by atoms with Crippen molar-refractivity contribution < 1.29 is 9.21 Å². The molecule has 2 heterocycles. The first-order valence-electron chi connectivity index (χ1n) is 3.76. The molecule has 0 unspecified atom stereocenters. The van der Waals surface area contributed by atoms with E-state index in [1.54, 1.807) is 17.9 Å². The highest BCUT2D eigenvalue weighted by Gasteiger charge is 2.07. The monoisotopic (exact) mass is 193 g/mol. The molecule has 13 heavy (non-hydrogen) atoms. The van der Waals surface area contributed by atoms with E-state index in [1.165, 1.54) is 18.3 Å². The van der Waals surface area contributed by atoms with E-state index >= 15 is 0 Å². The smallest absolute Gasteiger partial charge is 0.178 e. The minimum absolute atomic E-state index is 0.00834. The Morgan fingerprint density at radius 3 is 3.00 bits per heavy atom. The topological polar surface area (TPSA) is 43.1 Å². The van der Waals surface area contributed by atoms with Crippen LogP contribution < -0.4 is 0 Å². The first kappa shape index (κ1) is 8.19. The van der Waals surface area contributed by atoms with Crippen molar-refractivity contribution in [2.24, 2.45) is 0 Å². The summed E-state index contributed by atoms with van der Waals surface area (Å²) in [6.07, 6.45) is 3.20. The van der Waals surface area contributed by atoms with Crippen LogP contribution in [0, 0.1) is 0 Å². The molecule has 3 nitrogen and oxygen atoms in total. The van der Waals surface area contributed by atoms with Crippen LogP contribution in [0.4, 0.5) is 0 Å². The summed E-state index contributed by atoms with van der Waals surface area (Å²) in [7, 11) is 0. The molecule has 0 aromatic carbocycles. The van der Waals surface area contributed by atoms with Crippen LogP contribution in [0.2, 0.25) is 0 Å². The van der Waals surface area contributed by atoms with E-state index < -0.39 is 0 Å². The summed E-state index contributed by atoms with van der Waals surface area (Å²) < 4.78 is 4.92. The third-order valence-corrected chi connectivity index (χ3v) is 2.52. The van der Waals surface area contributed by atoms with Crippen molar-refractivity contribution >= 4 is 17.1 Å². The van der Waals surface area contributed by atoms with Gasteiger partial charge in [0.1, 0.15) is 17.0 Å². The zero-order valence-corrected chi connectivity index (χ0v) is 7.80. The molecule has 0 spiro atoms. The van der Waals surface area contributed by atoms with Gasteiger partial charge in [-0.25, -0.2) is 4.98 Å². The van der Waals surface area contributed by atoms with Crippen molar-refractivity contribution in [1.82, 2.24) is 4.98 Å².